The summed E-state index contributed by atoms with van der Waals surface area (Å²) in [5, 5.41) is 15.0. The lowest BCUT2D eigenvalue weighted by Crippen LogP contribution is -2.42. The molecule has 1 aliphatic carbocycles. The summed E-state index contributed by atoms with van der Waals surface area (Å²) in [6, 6.07) is 2.14. The molecule has 1 nitrogen and oxygen atoms in total. The summed E-state index contributed by atoms with van der Waals surface area (Å²) < 4.78 is 0. The van der Waals surface area contributed by atoms with Crippen molar-refractivity contribution in [1.29, 1.82) is 0 Å². The minimum absolute atomic E-state index is 0.423. The van der Waals surface area contributed by atoms with Crippen molar-refractivity contribution < 1.29 is 5.11 Å². The molecule has 2 heteroatoms. The van der Waals surface area contributed by atoms with Gasteiger partial charge in [0.1, 0.15) is 0 Å². The molecule has 2 atom stereocenters. The molecule has 1 fully saturated rings. The van der Waals surface area contributed by atoms with Gasteiger partial charge in [0.2, 0.25) is 0 Å². The Balaban J connectivity index is 2.09. The Morgan fingerprint density at radius 3 is 3.07 bits per heavy atom. The van der Waals surface area contributed by atoms with E-state index in [2.05, 4.69) is 23.8 Å². The SMILES string of the molecule is CCC1CCCCC1(O)Cc1ccsc1. The van der Waals surface area contributed by atoms with Crippen LogP contribution in [0.15, 0.2) is 16.8 Å². The molecule has 1 saturated carbocycles. The Hall–Kier alpha value is -0.340. The topological polar surface area (TPSA) is 20.2 Å². The highest BCUT2D eigenvalue weighted by Crippen LogP contribution is 2.38. The van der Waals surface area contributed by atoms with Gasteiger partial charge in [-0.05, 0) is 41.1 Å². The van der Waals surface area contributed by atoms with Crippen LogP contribution in [0.4, 0.5) is 0 Å². The molecule has 2 rings (SSSR count). The first kappa shape index (κ1) is 11.2. The minimum atomic E-state index is -0.423. The van der Waals surface area contributed by atoms with E-state index in [0.29, 0.717) is 5.92 Å². The lowest BCUT2D eigenvalue weighted by atomic mass is 9.71. The second-order valence-electron chi connectivity index (χ2n) is 4.76. The Morgan fingerprint density at radius 1 is 1.53 bits per heavy atom. The van der Waals surface area contributed by atoms with Gasteiger partial charge in [-0.15, -0.1) is 0 Å². The van der Waals surface area contributed by atoms with Crippen LogP contribution in [-0.2, 0) is 6.42 Å². The molecular formula is C13H20OS. The highest BCUT2D eigenvalue weighted by atomic mass is 32.1. The van der Waals surface area contributed by atoms with Crippen molar-refractivity contribution in [3.05, 3.63) is 22.4 Å². The number of aliphatic hydroxyl groups is 1. The normalized spacial score (nSPS) is 31.7. The van der Waals surface area contributed by atoms with Gasteiger partial charge >= 0.3 is 0 Å². The summed E-state index contributed by atoms with van der Waals surface area (Å²) in [6.07, 6.45) is 6.65. The summed E-state index contributed by atoms with van der Waals surface area (Å²) >= 11 is 1.72. The first-order valence-electron chi connectivity index (χ1n) is 5.98. The zero-order chi connectivity index (χ0) is 10.7. The average molecular weight is 224 g/mol. The fraction of sp³-hybridized carbons (Fsp3) is 0.692. The maximum Gasteiger partial charge on any atom is 0.0716 e. The van der Waals surface area contributed by atoms with E-state index in [1.807, 2.05) is 0 Å². The van der Waals surface area contributed by atoms with Crippen LogP contribution < -0.4 is 0 Å². The van der Waals surface area contributed by atoms with Crippen LogP contribution in [0.3, 0.4) is 0 Å². The first-order valence-corrected chi connectivity index (χ1v) is 6.92. The molecule has 1 aromatic rings. The third kappa shape index (κ3) is 2.43. The Bertz CT molecular complexity index is 293. The Kier molecular flexibility index (Phi) is 3.47. The fourth-order valence-electron chi connectivity index (χ4n) is 2.86. The highest BCUT2D eigenvalue weighted by Gasteiger charge is 2.37. The average Bonchev–Trinajstić information content (AvgIpc) is 2.70. The molecule has 0 radical (unpaired) electrons. The molecule has 0 aromatic carbocycles. The maximum absolute atomic E-state index is 10.7. The van der Waals surface area contributed by atoms with Gasteiger partial charge in [0.25, 0.3) is 0 Å². The van der Waals surface area contributed by atoms with Crippen LogP contribution in [0.2, 0.25) is 0 Å². The van der Waals surface area contributed by atoms with E-state index in [1.165, 1.54) is 24.8 Å². The molecule has 1 N–H and O–H groups in total. The van der Waals surface area contributed by atoms with Crippen molar-refractivity contribution in [2.75, 3.05) is 0 Å². The van der Waals surface area contributed by atoms with Crippen LogP contribution in [-0.4, -0.2) is 10.7 Å². The number of thiophene rings is 1. The minimum Gasteiger partial charge on any atom is -0.389 e. The lowest BCUT2D eigenvalue weighted by Gasteiger charge is -2.39. The van der Waals surface area contributed by atoms with E-state index in [9.17, 15) is 5.11 Å². The Morgan fingerprint density at radius 2 is 2.40 bits per heavy atom. The third-order valence-electron chi connectivity index (χ3n) is 3.76. The van der Waals surface area contributed by atoms with E-state index >= 15 is 0 Å². The quantitative estimate of drug-likeness (QED) is 0.831. The van der Waals surface area contributed by atoms with Gasteiger partial charge in [-0.25, -0.2) is 0 Å². The summed E-state index contributed by atoms with van der Waals surface area (Å²) in [5.41, 5.74) is 0.886. The standard InChI is InChI=1S/C13H20OS/c1-2-12-5-3-4-7-13(12,14)9-11-6-8-15-10-11/h6,8,10,12,14H,2-5,7,9H2,1H3. The van der Waals surface area contributed by atoms with Crippen molar-refractivity contribution >= 4 is 11.3 Å². The zero-order valence-corrected chi connectivity index (χ0v) is 10.2. The monoisotopic (exact) mass is 224 g/mol. The van der Waals surface area contributed by atoms with Gasteiger partial charge in [-0.2, -0.15) is 11.3 Å². The Labute approximate surface area is 96.1 Å². The van der Waals surface area contributed by atoms with Gasteiger partial charge in [0.15, 0.2) is 0 Å². The van der Waals surface area contributed by atoms with E-state index in [0.717, 1.165) is 19.3 Å². The summed E-state index contributed by atoms with van der Waals surface area (Å²) in [5.74, 6) is 0.506. The molecule has 15 heavy (non-hydrogen) atoms. The van der Waals surface area contributed by atoms with Crippen LogP contribution in [0.5, 0.6) is 0 Å². The molecular weight excluding hydrogens is 204 g/mol. The summed E-state index contributed by atoms with van der Waals surface area (Å²) in [6.45, 7) is 2.20. The third-order valence-corrected chi connectivity index (χ3v) is 4.49. The van der Waals surface area contributed by atoms with Crippen molar-refractivity contribution in [1.82, 2.24) is 0 Å². The van der Waals surface area contributed by atoms with Crippen LogP contribution in [0.25, 0.3) is 0 Å². The first-order chi connectivity index (χ1) is 7.24. The number of hydrogen-bond acceptors (Lipinski definition) is 2. The molecule has 84 valence electrons. The smallest absolute Gasteiger partial charge is 0.0716 e. The number of rotatable bonds is 3. The molecule has 1 heterocycles. The van der Waals surface area contributed by atoms with E-state index in [4.69, 9.17) is 0 Å². The van der Waals surface area contributed by atoms with Gasteiger partial charge in [-0.1, -0.05) is 26.2 Å². The molecule has 0 bridgehead atoms. The van der Waals surface area contributed by atoms with E-state index in [-0.39, 0.29) is 0 Å². The van der Waals surface area contributed by atoms with Crippen molar-refractivity contribution in [3.63, 3.8) is 0 Å². The molecule has 1 aromatic heterocycles. The van der Waals surface area contributed by atoms with Crippen LogP contribution >= 0.6 is 11.3 Å². The van der Waals surface area contributed by atoms with Crippen LogP contribution in [0.1, 0.15) is 44.6 Å². The molecule has 0 spiro atoms. The van der Waals surface area contributed by atoms with Crippen molar-refractivity contribution in [3.8, 4) is 0 Å². The summed E-state index contributed by atoms with van der Waals surface area (Å²) in [4.78, 5) is 0. The molecule has 0 aliphatic heterocycles. The van der Waals surface area contributed by atoms with Crippen molar-refractivity contribution in [2.45, 2.75) is 51.0 Å². The van der Waals surface area contributed by atoms with Gasteiger partial charge in [-0.3, -0.25) is 0 Å². The van der Waals surface area contributed by atoms with Gasteiger partial charge in [0.05, 0.1) is 5.60 Å². The lowest BCUT2D eigenvalue weighted by molar-refractivity contribution is -0.0490. The second kappa shape index (κ2) is 4.67. The predicted octanol–water partition coefficient (Wildman–Crippen LogP) is 3.62. The maximum atomic E-state index is 10.7. The molecule has 2 unspecified atom stereocenters. The second-order valence-corrected chi connectivity index (χ2v) is 5.54. The summed E-state index contributed by atoms with van der Waals surface area (Å²) in [7, 11) is 0. The van der Waals surface area contributed by atoms with Gasteiger partial charge in [0, 0.05) is 6.42 Å². The predicted molar refractivity (Wildman–Crippen MR) is 65.2 cm³/mol. The van der Waals surface area contributed by atoms with E-state index in [1.54, 1.807) is 11.3 Å². The number of hydrogen-bond donors (Lipinski definition) is 1. The molecule has 1 aliphatic rings. The van der Waals surface area contributed by atoms with E-state index < -0.39 is 5.60 Å². The fourth-order valence-corrected chi connectivity index (χ4v) is 3.53. The zero-order valence-electron chi connectivity index (χ0n) is 9.41. The van der Waals surface area contributed by atoms with Crippen LogP contribution in [0, 0.1) is 5.92 Å². The van der Waals surface area contributed by atoms with Gasteiger partial charge < -0.3 is 5.11 Å². The largest absolute Gasteiger partial charge is 0.389 e. The highest BCUT2D eigenvalue weighted by molar-refractivity contribution is 7.07. The molecule has 0 amide bonds. The molecule has 0 saturated heterocycles. The van der Waals surface area contributed by atoms with Crippen molar-refractivity contribution in [2.24, 2.45) is 5.92 Å².